The summed E-state index contributed by atoms with van der Waals surface area (Å²) in [5.41, 5.74) is 5.13. The Morgan fingerprint density at radius 2 is 1.78 bits per heavy atom. The summed E-state index contributed by atoms with van der Waals surface area (Å²) >= 11 is 1.71. The van der Waals surface area contributed by atoms with E-state index in [4.69, 9.17) is 4.98 Å². The zero-order valence-corrected chi connectivity index (χ0v) is 18.7. The minimum Gasteiger partial charge on any atom is -0.349 e. The van der Waals surface area contributed by atoms with E-state index in [1.54, 1.807) is 18.0 Å². The summed E-state index contributed by atoms with van der Waals surface area (Å²) in [6.45, 7) is 0.756. The van der Waals surface area contributed by atoms with Crippen LogP contribution in [0.3, 0.4) is 0 Å². The minimum atomic E-state index is 0.0354. The molecule has 1 aliphatic rings. The first-order valence-electron chi connectivity index (χ1n) is 11.1. The van der Waals surface area contributed by atoms with Crippen molar-refractivity contribution in [3.8, 4) is 0 Å². The maximum Gasteiger partial charge on any atom is 0.251 e. The van der Waals surface area contributed by atoms with Crippen molar-refractivity contribution in [3.63, 3.8) is 0 Å². The Morgan fingerprint density at radius 1 is 1.00 bits per heavy atom. The molecule has 0 saturated heterocycles. The fraction of sp³-hybridized carbons (Fsp3) is 0.269. The number of nitrogens with zero attached hydrogens (tertiary/aromatic N) is 3. The van der Waals surface area contributed by atoms with E-state index in [0.29, 0.717) is 6.04 Å². The number of hydrogen-bond donors (Lipinski definition) is 1. The van der Waals surface area contributed by atoms with E-state index in [2.05, 4.69) is 39.1 Å². The van der Waals surface area contributed by atoms with E-state index >= 15 is 0 Å². The highest BCUT2D eigenvalue weighted by atomic mass is 32.2. The van der Waals surface area contributed by atoms with Gasteiger partial charge in [-0.15, -0.1) is 0 Å². The summed E-state index contributed by atoms with van der Waals surface area (Å²) in [4.78, 5) is 21.6. The van der Waals surface area contributed by atoms with Crippen molar-refractivity contribution >= 4 is 28.7 Å². The molecule has 0 aliphatic heterocycles. The van der Waals surface area contributed by atoms with Gasteiger partial charge in [0.1, 0.15) is 0 Å². The summed E-state index contributed by atoms with van der Waals surface area (Å²) in [6.07, 6.45) is 8.29. The summed E-state index contributed by atoms with van der Waals surface area (Å²) in [5.74, 6) is 0.823. The van der Waals surface area contributed by atoms with Crippen molar-refractivity contribution in [3.05, 3.63) is 89.7 Å². The highest BCUT2D eigenvalue weighted by Gasteiger charge is 2.18. The molecule has 5 nitrogen and oxygen atoms in total. The molecule has 4 aromatic rings. The van der Waals surface area contributed by atoms with Crippen LogP contribution in [0.25, 0.3) is 11.0 Å². The monoisotopic (exact) mass is 442 g/mol. The van der Waals surface area contributed by atoms with E-state index in [-0.39, 0.29) is 5.91 Å². The molecule has 2 heterocycles. The summed E-state index contributed by atoms with van der Waals surface area (Å²) < 4.78 is 2.23. The van der Waals surface area contributed by atoms with Crippen molar-refractivity contribution in [2.75, 3.05) is 0 Å². The fourth-order valence-electron chi connectivity index (χ4n) is 4.22. The van der Waals surface area contributed by atoms with Crippen LogP contribution in [-0.4, -0.2) is 26.5 Å². The first kappa shape index (κ1) is 20.8. The zero-order chi connectivity index (χ0) is 21.8. The molecule has 1 aliphatic carbocycles. The van der Waals surface area contributed by atoms with Crippen molar-refractivity contribution in [2.24, 2.45) is 0 Å². The molecule has 0 atom stereocenters. The third kappa shape index (κ3) is 4.70. The van der Waals surface area contributed by atoms with Gasteiger partial charge in [0, 0.05) is 23.6 Å². The van der Waals surface area contributed by atoms with Crippen LogP contribution in [0.2, 0.25) is 0 Å². The van der Waals surface area contributed by atoms with Crippen molar-refractivity contribution < 1.29 is 4.79 Å². The van der Waals surface area contributed by atoms with Crippen LogP contribution in [0, 0.1) is 0 Å². The predicted molar refractivity (Wildman–Crippen MR) is 129 cm³/mol. The molecule has 2 aromatic heterocycles. The van der Waals surface area contributed by atoms with E-state index in [1.165, 1.54) is 24.0 Å². The summed E-state index contributed by atoms with van der Waals surface area (Å²) in [5, 5.41) is 4.13. The molecular formula is C26H26N4OS. The number of imidazole rings is 1. The fourth-order valence-corrected chi connectivity index (χ4v) is 5.19. The Hall–Kier alpha value is -3.12. The predicted octanol–water partition coefficient (Wildman–Crippen LogP) is 5.44. The SMILES string of the molecule is O=C(NC1CCCC1)c1ccc(CSc2nc3ccncc3n2Cc2ccccc2)cc1. The second-order valence-corrected chi connectivity index (χ2v) is 9.21. The Morgan fingerprint density at radius 3 is 2.56 bits per heavy atom. The van der Waals surface area contributed by atoms with Crippen LogP contribution in [0.4, 0.5) is 0 Å². The average molecular weight is 443 g/mol. The van der Waals surface area contributed by atoms with Gasteiger partial charge in [0.15, 0.2) is 5.16 Å². The van der Waals surface area contributed by atoms with Gasteiger partial charge in [-0.05, 0) is 42.2 Å². The molecule has 1 fully saturated rings. The normalized spacial score (nSPS) is 14.1. The molecule has 0 radical (unpaired) electrons. The molecule has 32 heavy (non-hydrogen) atoms. The number of nitrogens with one attached hydrogen (secondary N) is 1. The van der Waals surface area contributed by atoms with Crippen LogP contribution in [0.1, 0.15) is 47.2 Å². The lowest BCUT2D eigenvalue weighted by molar-refractivity contribution is 0.0938. The van der Waals surface area contributed by atoms with Crippen LogP contribution in [0.5, 0.6) is 0 Å². The minimum absolute atomic E-state index is 0.0354. The van der Waals surface area contributed by atoms with E-state index < -0.39 is 0 Å². The van der Waals surface area contributed by atoms with Gasteiger partial charge in [0.25, 0.3) is 5.91 Å². The van der Waals surface area contributed by atoms with Crippen LogP contribution in [0.15, 0.2) is 78.2 Å². The number of fused-ring (bicyclic) bond motifs is 1. The maximum absolute atomic E-state index is 12.5. The first-order chi connectivity index (χ1) is 15.8. The van der Waals surface area contributed by atoms with Gasteiger partial charge in [-0.25, -0.2) is 4.98 Å². The lowest BCUT2D eigenvalue weighted by atomic mass is 10.1. The third-order valence-corrected chi connectivity index (χ3v) is 7.02. The Labute approximate surface area is 192 Å². The molecule has 1 amide bonds. The number of aromatic nitrogens is 3. The number of benzene rings is 2. The number of hydrogen-bond acceptors (Lipinski definition) is 4. The van der Waals surface area contributed by atoms with Crippen LogP contribution < -0.4 is 5.32 Å². The highest BCUT2D eigenvalue weighted by molar-refractivity contribution is 7.98. The van der Waals surface area contributed by atoms with Gasteiger partial charge in [-0.1, -0.05) is 67.1 Å². The van der Waals surface area contributed by atoms with E-state index in [0.717, 1.165) is 46.9 Å². The molecule has 1 N–H and O–H groups in total. The first-order valence-corrected chi connectivity index (χ1v) is 12.1. The molecular weight excluding hydrogens is 416 g/mol. The van der Waals surface area contributed by atoms with Crippen molar-refractivity contribution in [1.29, 1.82) is 0 Å². The molecule has 1 saturated carbocycles. The van der Waals surface area contributed by atoms with E-state index in [1.807, 2.05) is 42.6 Å². The van der Waals surface area contributed by atoms with Crippen LogP contribution >= 0.6 is 11.8 Å². The molecule has 0 spiro atoms. The van der Waals surface area contributed by atoms with Crippen molar-refractivity contribution in [1.82, 2.24) is 19.9 Å². The number of carbonyl (C=O) groups is 1. The zero-order valence-electron chi connectivity index (χ0n) is 17.9. The highest BCUT2D eigenvalue weighted by Crippen LogP contribution is 2.27. The Kier molecular flexibility index (Phi) is 6.21. The average Bonchev–Trinajstić information content (AvgIpc) is 3.47. The molecule has 0 bridgehead atoms. The lowest BCUT2D eigenvalue weighted by Gasteiger charge is -2.12. The van der Waals surface area contributed by atoms with Gasteiger partial charge in [0.2, 0.25) is 0 Å². The van der Waals surface area contributed by atoms with Crippen LogP contribution in [-0.2, 0) is 12.3 Å². The number of carbonyl (C=O) groups excluding carboxylic acids is 1. The van der Waals surface area contributed by atoms with Gasteiger partial charge in [-0.3, -0.25) is 9.78 Å². The molecule has 2 aromatic carbocycles. The lowest BCUT2D eigenvalue weighted by Crippen LogP contribution is -2.32. The molecule has 162 valence electrons. The standard InChI is InChI=1S/C26H26N4OS/c31-25(28-22-8-4-5-9-22)21-12-10-20(11-13-21)18-32-26-29-23-14-15-27-16-24(23)30(26)17-19-6-2-1-3-7-19/h1-3,6-7,10-16,22H,4-5,8-9,17-18H2,(H,28,31). The van der Waals surface area contributed by atoms with Gasteiger partial charge in [-0.2, -0.15) is 0 Å². The Balaban J connectivity index is 1.29. The van der Waals surface area contributed by atoms with Crippen molar-refractivity contribution in [2.45, 2.75) is 49.2 Å². The molecule has 5 rings (SSSR count). The third-order valence-electron chi connectivity index (χ3n) is 5.97. The summed E-state index contributed by atoms with van der Waals surface area (Å²) in [7, 11) is 0. The largest absolute Gasteiger partial charge is 0.349 e. The quantitative estimate of drug-likeness (QED) is 0.387. The number of pyridine rings is 1. The molecule has 6 heteroatoms. The smallest absolute Gasteiger partial charge is 0.251 e. The number of rotatable bonds is 7. The van der Waals surface area contributed by atoms with E-state index in [9.17, 15) is 4.79 Å². The topological polar surface area (TPSA) is 59.8 Å². The van der Waals surface area contributed by atoms with Gasteiger partial charge in [0.05, 0.1) is 23.8 Å². The van der Waals surface area contributed by atoms with Gasteiger partial charge >= 0.3 is 0 Å². The second kappa shape index (κ2) is 9.57. The Bertz CT molecular complexity index is 1200. The molecule has 0 unspecified atom stereocenters. The summed E-state index contributed by atoms with van der Waals surface area (Å²) in [6, 6.07) is 20.7. The number of thioether (sulfide) groups is 1. The maximum atomic E-state index is 12.5. The van der Waals surface area contributed by atoms with Gasteiger partial charge < -0.3 is 9.88 Å². The number of amides is 1. The second-order valence-electron chi connectivity index (χ2n) is 8.27.